The predicted octanol–water partition coefficient (Wildman–Crippen LogP) is 6.52. The summed E-state index contributed by atoms with van der Waals surface area (Å²) in [5, 5.41) is 38.1. The molecule has 31 heavy (non-hydrogen) atoms. The number of aliphatic hydroxyl groups excluding tert-OH is 4. The molecule has 0 aromatic carbocycles. The molecule has 1 atom stereocenters. The van der Waals surface area contributed by atoms with Crippen molar-refractivity contribution in [1.29, 1.82) is 0 Å². The van der Waals surface area contributed by atoms with Gasteiger partial charge in [0.05, 0.1) is 31.3 Å². The highest BCUT2D eigenvalue weighted by Gasteiger charge is 2.35. The van der Waals surface area contributed by atoms with Crippen LogP contribution < -0.4 is 0 Å². The summed E-state index contributed by atoms with van der Waals surface area (Å²) in [6.07, 6.45) is 26.5. The van der Waals surface area contributed by atoms with Gasteiger partial charge in [-0.05, 0) is 6.42 Å². The first kappa shape index (κ1) is 30.8. The van der Waals surface area contributed by atoms with Gasteiger partial charge in [0.2, 0.25) is 0 Å². The van der Waals surface area contributed by atoms with Crippen LogP contribution >= 0.6 is 0 Å². The summed E-state index contributed by atoms with van der Waals surface area (Å²) in [5.41, 5.74) is -1.16. The lowest BCUT2D eigenvalue weighted by Crippen LogP contribution is -2.45. The van der Waals surface area contributed by atoms with Crippen LogP contribution in [0.1, 0.15) is 142 Å². The molecule has 0 aromatic heterocycles. The van der Waals surface area contributed by atoms with Crippen LogP contribution in [-0.4, -0.2) is 46.4 Å². The molecule has 188 valence electrons. The second-order valence-corrected chi connectivity index (χ2v) is 9.86. The van der Waals surface area contributed by atoms with E-state index in [4.69, 9.17) is 0 Å². The summed E-state index contributed by atoms with van der Waals surface area (Å²) in [7, 11) is 0. The Morgan fingerprint density at radius 2 is 0.710 bits per heavy atom. The van der Waals surface area contributed by atoms with Crippen molar-refractivity contribution in [2.45, 2.75) is 148 Å². The highest BCUT2D eigenvalue weighted by Crippen LogP contribution is 2.25. The first-order valence-electron chi connectivity index (χ1n) is 13.7. The first-order valence-corrected chi connectivity index (χ1v) is 13.7. The van der Waals surface area contributed by atoms with Gasteiger partial charge in [-0.3, -0.25) is 0 Å². The Kier molecular flexibility index (Phi) is 22.9. The van der Waals surface area contributed by atoms with E-state index in [2.05, 4.69) is 6.92 Å². The molecule has 0 amide bonds. The minimum atomic E-state index is -1.16. The second-order valence-electron chi connectivity index (χ2n) is 9.86. The van der Waals surface area contributed by atoms with E-state index in [-0.39, 0.29) is 19.8 Å². The molecule has 0 saturated heterocycles. The molecule has 0 aliphatic carbocycles. The van der Waals surface area contributed by atoms with E-state index >= 15 is 0 Å². The lowest BCUT2D eigenvalue weighted by molar-refractivity contribution is -0.0863. The third kappa shape index (κ3) is 17.0. The molecule has 0 spiro atoms. The van der Waals surface area contributed by atoms with Gasteiger partial charge in [0.1, 0.15) is 0 Å². The highest BCUT2D eigenvalue weighted by atomic mass is 16.3. The van der Waals surface area contributed by atoms with Crippen LogP contribution in [0.4, 0.5) is 0 Å². The molecular weight excluding hydrogens is 388 g/mol. The molecule has 0 aliphatic heterocycles. The number of unbranched alkanes of at least 4 members (excludes halogenated alkanes) is 19. The molecule has 0 rings (SSSR count). The van der Waals surface area contributed by atoms with Gasteiger partial charge in [-0.1, -0.05) is 135 Å². The summed E-state index contributed by atoms with van der Waals surface area (Å²) in [4.78, 5) is 0. The third-order valence-corrected chi connectivity index (χ3v) is 6.98. The van der Waals surface area contributed by atoms with Crippen LogP contribution in [0.3, 0.4) is 0 Å². The van der Waals surface area contributed by atoms with Crippen molar-refractivity contribution in [3.8, 4) is 0 Å². The van der Waals surface area contributed by atoms with Gasteiger partial charge in [-0.25, -0.2) is 0 Å². The van der Waals surface area contributed by atoms with Crippen molar-refractivity contribution in [2.75, 3.05) is 19.8 Å². The predicted molar refractivity (Wildman–Crippen MR) is 132 cm³/mol. The molecule has 0 bridgehead atoms. The summed E-state index contributed by atoms with van der Waals surface area (Å²) >= 11 is 0. The SMILES string of the molecule is CCCCCCCCCCCCCCCCCCCCCCC(O)C(CO)(CO)CO. The normalized spacial score (nSPS) is 13.1. The van der Waals surface area contributed by atoms with E-state index in [0.29, 0.717) is 6.42 Å². The molecular formula is C27H56O4. The largest absolute Gasteiger partial charge is 0.396 e. The molecule has 0 aliphatic rings. The Labute approximate surface area is 193 Å². The fraction of sp³-hybridized carbons (Fsp3) is 1.00. The monoisotopic (exact) mass is 444 g/mol. The maximum absolute atomic E-state index is 10.1. The Bertz CT molecular complexity index is 336. The lowest BCUT2D eigenvalue weighted by atomic mass is 9.82. The maximum atomic E-state index is 10.1. The Morgan fingerprint density at radius 1 is 0.452 bits per heavy atom. The van der Waals surface area contributed by atoms with Crippen molar-refractivity contribution >= 4 is 0 Å². The zero-order valence-corrected chi connectivity index (χ0v) is 20.8. The summed E-state index contributed by atoms with van der Waals surface area (Å²) < 4.78 is 0. The molecule has 4 nitrogen and oxygen atoms in total. The molecule has 0 saturated carbocycles. The summed E-state index contributed by atoms with van der Waals surface area (Å²) in [6.45, 7) is 1.11. The van der Waals surface area contributed by atoms with E-state index < -0.39 is 11.5 Å². The van der Waals surface area contributed by atoms with E-state index in [0.717, 1.165) is 12.8 Å². The van der Waals surface area contributed by atoms with Crippen molar-refractivity contribution in [3.63, 3.8) is 0 Å². The first-order chi connectivity index (χ1) is 15.2. The van der Waals surface area contributed by atoms with E-state index in [9.17, 15) is 20.4 Å². The smallest absolute Gasteiger partial charge is 0.0662 e. The number of hydrogen-bond acceptors (Lipinski definition) is 4. The third-order valence-electron chi connectivity index (χ3n) is 6.98. The molecule has 0 fully saturated rings. The quantitative estimate of drug-likeness (QED) is 0.121. The van der Waals surface area contributed by atoms with Gasteiger partial charge < -0.3 is 20.4 Å². The van der Waals surface area contributed by atoms with Crippen LogP contribution in [0.2, 0.25) is 0 Å². The van der Waals surface area contributed by atoms with Gasteiger partial charge >= 0.3 is 0 Å². The average molecular weight is 445 g/mol. The van der Waals surface area contributed by atoms with Gasteiger partial charge in [0.25, 0.3) is 0 Å². The van der Waals surface area contributed by atoms with Crippen molar-refractivity contribution < 1.29 is 20.4 Å². The molecule has 4 N–H and O–H groups in total. The van der Waals surface area contributed by atoms with Crippen LogP contribution in [0, 0.1) is 5.41 Å². The van der Waals surface area contributed by atoms with Crippen molar-refractivity contribution in [2.24, 2.45) is 5.41 Å². The van der Waals surface area contributed by atoms with Crippen LogP contribution in [0.5, 0.6) is 0 Å². The number of hydrogen-bond donors (Lipinski definition) is 4. The van der Waals surface area contributed by atoms with E-state index in [1.165, 1.54) is 116 Å². The van der Waals surface area contributed by atoms with E-state index in [1.807, 2.05) is 0 Å². The molecule has 4 heteroatoms. The molecule has 0 radical (unpaired) electrons. The van der Waals surface area contributed by atoms with E-state index in [1.54, 1.807) is 0 Å². The van der Waals surface area contributed by atoms with Crippen molar-refractivity contribution in [1.82, 2.24) is 0 Å². The average Bonchev–Trinajstić information content (AvgIpc) is 2.79. The van der Waals surface area contributed by atoms with Crippen molar-refractivity contribution in [3.05, 3.63) is 0 Å². The summed E-state index contributed by atoms with van der Waals surface area (Å²) in [6, 6.07) is 0. The van der Waals surface area contributed by atoms with Gasteiger partial charge in [-0.15, -0.1) is 0 Å². The standard InChI is InChI=1S/C27H56O4/c1-2-3-4-5-6-7-8-9-10-11-12-13-14-15-16-17-18-19-20-21-22-26(31)27(23-28,24-29)25-30/h26,28-31H,2-25H2,1H3. The fourth-order valence-corrected chi connectivity index (χ4v) is 4.37. The van der Waals surface area contributed by atoms with Crippen LogP contribution in [0.15, 0.2) is 0 Å². The molecule has 0 aromatic rings. The fourth-order valence-electron chi connectivity index (χ4n) is 4.37. The Hall–Kier alpha value is -0.160. The molecule has 1 unspecified atom stereocenters. The Morgan fingerprint density at radius 3 is 0.968 bits per heavy atom. The maximum Gasteiger partial charge on any atom is 0.0662 e. The molecule has 0 heterocycles. The summed E-state index contributed by atoms with van der Waals surface area (Å²) in [5.74, 6) is 0. The van der Waals surface area contributed by atoms with Crippen LogP contribution in [-0.2, 0) is 0 Å². The number of rotatable bonds is 25. The van der Waals surface area contributed by atoms with Gasteiger partial charge in [0.15, 0.2) is 0 Å². The minimum Gasteiger partial charge on any atom is -0.396 e. The lowest BCUT2D eigenvalue weighted by Gasteiger charge is -2.32. The zero-order chi connectivity index (χ0) is 23.0. The highest BCUT2D eigenvalue weighted by molar-refractivity contribution is 4.84. The van der Waals surface area contributed by atoms with Gasteiger partial charge in [0, 0.05) is 0 Å². The number of aliphatic hydroxyl groups is 4. The topological polar surface area (TPSA) is 80.9 Å². The second kappa shape index (κ2) is 23.0. The van der Waals surface area contributed by atoms with Crippen LogP contribution in [0.25, 0.3) is 0 Å². The Balaban J connectivity index is 3.27. The van der Waals surface area contributed by atoms with Gasteiger partial charge in [-0.2, -0.15) is 0 Å². The zero-order valence-electron chi connectivity index (χ0n) is 20.8. The minimum absolute atomic E-state index is 0.389.